The molecular weight excluding hydrogens is 236 g/mol. The Labute approximate surface area is 113 Å². The van der Waals surface area contributed by atoms with E-state index in [1.54, 1.807) is 0 Å². The third-order valence-electron chi connectivity index (χ3n) is 3.53. The summed E-state index contributed by atoms with van der Waals surface area (Å²) >= 11 is 0. The molecule has 0 radical (unpaired) electrons. The maximum atomic E-state index is 5.77. The lowest BCUT2D eigenvalue weighted by molar-refractivity contribution is 0.235. The zero-order chi connectivity index (χ0) is 13.5. The van der Waals surface area contributed by atoms with Crippen molar-refractivity contribution in [3.63, 3.8) is 0 Å². The van der Waals surface area contributed by atoms with E-state index in [0.29, 0.717) is 12.5 Å². The van der Waals surface area contributed by atoms with Crippen molar-refractivity contribution in [1.29, 1.82) is 0 Å². The number of fused-ring (bicyclic) bond motifs is 1. The van der Waals surface area contributed by atoms with Crippen molar-refractivity contribution in [2.75, 3.05) is 6.61 Å². The van der Waals surface area contributed by atoms with Crippen molar-refractivity contribution in [2.24, 2.45) is 10.4 Å². The molecule has 0 bridgehead atoms. The Morgan fingerprint density at radius 3 is 2.68 bits per heavy atom. The zero-order valence-electron chi connectivity index (χ0n) is 11.6. The summed E-state index contributed by atoms with van der Waals surface area (Å²) in [6.45, 7) is 7.20. The smallest absolute Gasteiger partial charge is 0.236 e. The molecule has 0 amide bonds. The number of benzene rings is 1. The van der Waals surface area contributed by atoms with Crippen LogP contribution in [0.3, 0.4) is 0 Å². The van der Waals surface area contributed by atoms with Crippen LogP contribution in [-0.4, -0.2) is 23.5 Å². The lowest BCUT2D eigenvalue weighted by atomic mass is 9.88. The standard InChI is InChI=1S/C16H18N2O/c1-16(2,3)13-10-19-15(18-13)14-12-7-5-4-6-11(12)8-9-17-14/h4-9,13H,10H2,1-3H3. The molecule has 2 heterocycles. The predicted molar refractivity (Wildman–Crippen MR) is 77.5 cm³/mol. The van der Waals surface area contributed by atoms with Gasteiger partial charge in [-0.2, -0.15) is 0 Å². The van der Waals surface area contributed by atoms with E-state index in [-0.39, 0.29) is 11.5 Å². The molecule has 3 heteroatoms. The van der Waals surface area contributed by atoms with Crippen LogP contribution >= 0.6 is 0 Å². The van der Waals surface area contributed by atoms with E-state index in [9.17, 15) is 0 Å². The highest BCUT2D eigenvalue weighted by Gasteiger charge is 2.31. The topological polar surface area (TPSA) is 34.5 Å². The molecule has 1 unspecified atom stereocenters. The highest BCUT2D eigenvalue weighted by atomic mass is 16.5. The summed E-state index contributed by atoms with van der Waals surface area (Å²) in [6, 6.07) is 10.4. The highest BCUT2D eigenvalue weighted by molar-refractivity contribution is 6.05. The molecule has 0 saturated carbocycles. The quantitative estimate of drug-likeness (QED) is 0.781. The van der Waals surface area contributed by atoms with Crippen molar-refractivity contribution >= 4 is 16.7 Å². The fraction of sp³-hybridized carbons (Fsp3) is 0.375. The number of rotatable bonds is 1. The monoisotopic (exact) mass is 254 g/mol. The number of aliphatic imine (C=N–C) groups is 1. The summed E-state index contributed by atoms with van der Waals surface area (Å²) in [5.41, 5.74) is 0.969. The Balaban J connectivity index is 2.07. The van der Waals surface area contributed by atoms with Gasteiger partial charge < -0.3 is 4.74 Å². The minimum atomic E-state index is 0.117. The SMILES string of the molecule is CC(C)(C)C1COC(c2nccc3ccccc23)=N1. The van der Waals surface area contributed by atoms with Gasteiger partial charge in [0.2, 0.25) is 5.90 Å². The Hall–Kier alpha value is -1.90. The first-order valence-corrected chi connectivity index (χ1v) is 6.60. The third-order valence-corrected chi connectivity index (χ3v) is 3.53. The molecule has 3 nitrogen and oxygen atoms in total. The molecular formula is C16H18N2O. The number of aromatic nitrogens is 1. The van der Waals surface area contributed by atoms with E-state index >= 15 is 0 Å². The molecule has 19 heavy (non-hydrogen) atoms. The van der Waals surface area contributed by atoms with Crippen molar-refractivity contribution in [3.8, 4) is 0 Å². The van der Waals surface area contributed by atoms with Crippen molar-refractivity contribution < 1.29 is 4.74 Å². The summed E-state index contributed by atoms with van der Waals surface area (Å²) in [5.74, 6) is 0.678. The highest BCUT2D eigenvalue weighted by Crippen LogP contribution is 2.28. The number of pyridine rings is 1. The molecule has 2 aromatic rings. The second-order valence-corrected chi connectivity index (χ2v) is 6.01. The molecule has 1 aliphatic heterocycles. The van der Waals surface area contributed by atoms with Gasteiger partial charge in [0.05, 0.1) is 6.04 Å². The molecule has 1 aromatic heterocycles. The molecule has 1 aromatic carbocycles. The van der Waals surface area contributed by atoms with Gasteiger partial charge in [-0.3, -0.25) is 4.98 Å². The van der Waals surface area contributed by atoms with Gasteiger partial charge in [0.1, 0.15) is 12.3 Å². The molecule has 0 N–H and O–H groups in total. The van der Waals surface area contributed by atoms with Crippen LogP contribution in [0.4, 0.5) is 0 Å². The maximum absolute atomic E-state index is 5.77. The Morgan fingerprint density at radius 1 is 1.16 bits per heavy atom. The molecule has 98 valence electrons. The molecule has 1 atom stereocenters. The van der Waals surface area contributed by atoms with Crippen molar-refractivity contribution in [2.45, 2.75) is 26.8 Å². The first-order valence-electron chi connectivity index (χ1n) is 6.60. The predicted octanol–water partition coefficient (Wildman–Crippen LogP) is 3.43. The molecule has 0 fully saturated rings. The molecule has 0 saturated heterocycles. The largest absolute Gasteiger partial charge is 0.474 e. The average Bonchev–Trinajstić information content (AvgIpc) is 2.87. The minimum Gasteiger partial charge on any atom is -0.474 e. The van der Waals surface area contributed by atoms with Crippen LogP contribution < -0.4 is 0 Å². The summed E-state index contributed by atoms with van der Waals surface area (Å²) in [5, 5.41) is 2.26. The number of nitrogens with zero attached hydrogens (tertiary/aromatic N) is 2. The third kappa shape index (κ3) is 2.21. The van der Waals surface area contributed by atoms with E-state index in [1.807, 2.05) is 24.4 Å². The van der Waals surface area contributed by atoms with Crippen LogP contribution in [0.2, 0.25) is 0 Å². The lowest BCUT2D eigenvalue weighted by Gasteiger charge is -2.21. The second-order valence-electron chi connectivity index (χ2n) is 6.01. The molecule has 0 spiro atoms. The Kier molecular flexibility index (Phi) is 2.77. The van der Waals surface area contributed by atoms with Gasteiger partial charge in [0.15, 0.2) is 0 Å². The van der Waals surface area contributed by atoms with Gasteiger partial charge in [-0.25, -0.2) is 4.99 Å². The summed E-state index contributed by atoms with van der Waals surface area (Å²) in [7, 11) is 0. The van der Waals surface area contributed by atoms with Crippen LogP contribution in [0.1, 0.15) is 26.5 Å². The van der Waals surface area contributed by atoms with E-state index in [0.717, 1.165) is 16.5 Å². The number of hydrogen-bond donors (Lipinski definition) is 0. The van der Waals surface area contributed by atoms with Crippen LogP contribution in [0.15, 0.2) is 41.5 Å². The van der Waals surface area contributed by atoms with E-state index < -0.39 is 0 Å². The van der Waals surface area contributed by atoms with Crippen LogP contribution in [0.5, 0.6) is 0 Å². The van der Waals surface area contributed by atoms with Gasteiger partial charge in [-0.05, 0) is 16.9 Å². The van der Waals surface area contributed by atoms with Gasteiger partial charge in [0, 0.05) is 11.6 Å². The summed E-state index contributed by atoms with van der Waals surface area (Å²) in [4.78, 5) is 9.16. The second kappa shape index (κ2) is 4.34. The van der Waals surface area contributed by atoms with Gasteiger partial charge in [-0.1, -0.05) is 45.0 Å². The first kappa shape index (κ1) is 12.2. The summed E-state index contributed by atoms with van der Waals surface area (Å²) < 4.78 is 5.77. The van der Waals surface area contributed by atoms with Gasteiger partial charge in [0.25, 0.3) is 0 Å². The van der Waals surface area contributed by atoms with Crippen LogP contribution in [-0.2, 0) is 4.74 Å². The molecule has 0 aliphatic carbocycles. The average molecular weight is 254 g/mol. The Morgan fingerprint density at radius 2 is 1.95 bits per heavy atom. The van der Waals surface area contributed by atoms with E-state index in [2.05, 4.69) is 37.9 Å². The van der Waals surface area contributed by atoms with Crippen molar-refractivity contribution in [3.05, 3.63) is 42.2 Å². The molecule has 1 aliphatic rings. The first-order chi connectivity index (χ1) is 9.05. The molecule has 3 rings (SSSR count). The Bertz CT molecular complexity index is 635. The minimum absolute atomic E-state index is 0.117. The zero-order valence-corrected chi connectivity index (χ0v) is 11.6. The number of hydrogen-bond acceptors (Lipinski definition) is 3. The van der Waals surface area contributed by atoms with E-state index in [1.165, 1.54) is 0 Å². The summed E-state index contributed by atoms with van der Waals surface area (Å²) in [6.07, 6.45) is 1.81. The maximum Gasteiger partial charge on any atom is 0.236 e. The number of ether oxygens (including phenoxy) is 1. The van der Waals surface area contributed by atoms with Crippen LogP contribution in [0.25, 0.3) is 10.8 Å². The van der Waals surface area contributed by atoms with Gasteiger partial charge in [-0.15, -0.1) is 0 Å². The van der Waals surface area contributed by atoms with Crippen molar-refractivity contribution in [1.82, 2.24) is 4.98 Å². The fourth-order valence-corrected chi connectivity index (χ4v) is 2.24. The fourth-order valence-electron chi connectivity index (χ4n) is 2.24. The van der Waals surface area contributed by atoms with Gasteiger partial charge >= 0.3 is 0 Å². The lowest BCUT2D eigenvalue weighted by Crippen LogP contribution is -2.25. The normalized spacial score (nSPS) is 19.3. The van der Waals surface area contributed by atoms with E-state index in [4.69, 9.17) is 9.73 Å². The van der Waals surface area contributed by atoms with Crippen LogP contribution in [0, 0.1) is 5.41 Å².